The molecule has 0 aliphatic carbocycles. The highest BCUT2D eigenvalue weighted by molar-refractivity contribution is 5.93. The predicted octanol–water partition coefficient (Wildman–Crippen LogP) is 0.747. The number of carbonyl (C=O) groups is 1. The second-order valence-corrected chi connectivity index (χ2v) is 5.56. The lowest BCUT2D eigenvalue weighted by Gasteiger charge is -2.37. The molecule has 2 fully saturated rings. The minimum atomic E-state index is -0.0825. The van der Waals surface area contributed by atoms with Crippen LogP contribution in [-0.2, 0) is 9.47 Å². The second kappa shape index (κ2) is 7.06. The van der Waals surface area contributed by atoms with Crippen molar-refractivity contribution in [2.24, 2.45) is 5.92 Å². The van der Waals surface area contributed by atoms with E-state index in [0.29, 0.717) is 24.1 Å². The Hall–Kier alpha value is -1.37. The molecule has 1 aromatic heterocycles. The maximum absolute atomic E-state index is 12.1. The highest BCUT2D eigenvalue weighted by Gasteiger charge is 2.31. The van der Waals surface area contributed by atoms with Gasteiger partial charge in [0, 0.05) is 38.2 Å². The maximum atomic E-state index is 12.1. The van der Waals surface area contributed by atoms with E-state index in [1.54, 1.807) is 6.07 Å². The van der Waals surface area contributed by atoms with Crippen molar-refractivity contribution in [3.63, 3.8) is 0 Å². The molecule has 1 N–H and O–H groups in total. The summed E-state index contributed by atoms with van der Waals surface area (Å²) in [6.45, 7) is 5.60. The van der Waals surface area contributed by atoms with Gasteiger partial charge in [-0.3, -0.25) is 9.69 Å². The average molecular weight is 294 g/mol. The van der Waals surface area contributed by atoms with Crippen LogP contribution >= 0.6 is 0 Å². The standard InChI is InChI=1S/C15H22N2O4/c18-15(13-2-6-21-11-13)16-9-14(12-1-5-20-10-12)17-3-7-19-8-4-17/h2,6,11-12,14H,1,3-5,7-10H2,(H,16,18)/t12-,14+/m0/s1. The summed E-state index contributed by atoms with van der Waals surface area (Å²) >= 11 is 0. The summed E-state index contributed by atoms with van der Waals surface area (Å²) in [6, 6.07) is 1.99. The normalized spacial score (nSPS) is 24.9. The third-order valence-corrected chi connectivity index (χ3v) is 4.28. The van der Waals surface area contributed by atoms with Crippen molar-refractivity contribution in [2.75, 3.05) is 46.1 Å². The number of morpholine rings is 1. The molecule has 0 saturated carbocycles. The van der Waals surface area contributed by atoms with Gasteiger partial charge in [0.2, 0.25) is 0 Å². The Labute approximate surface area is 124 Å². The fourth-order valence-electron chi connectivity index (χ4n) is 3.05. The van der Waals surface area contributed by atoms with E-state index in [0.717, 1.165) is 45.9 Å². The summed E-state index contributed by atoms with van der Waals surface area (Å²) in [5, 5.41) is 3.02. The van der Waals surface area contributed by atoms with Crippen LogP contribution in [0.25, 0.3) is 0 Å². The van der Waals surface area contributed by atoms with Gasteiger partial charge in [-0.1, -0.05) is 0 Å². The van der Waals surface area contributed by atoms with Crippen LogP contribution in [0.4, 0.5) is 0 Å². The molecule has 1 aromatic rings. The minimum Gasteiger partial charge on any atom is -0.472 e. The van der Waals surface area contributed by atoms with E-state index in [-0.39, 0.29) is 5.91 Å². The van der Waals surface area contributed by atoms with Gasteiger partial charge in [-0.15, -0.1) is 0 Å². The molecule has 0 spiro atoms. The van der Waals surface area contributed by atoms with Gasteiger partial charge in [0.05, 0.1) is 31.6 Å². The molecular weight excluding hydrogens is 272 g/mol. The number of ether oxygens (including phenoxy) is 2. The average Bonchev–Trinajstić information content (AvgIpc) is 3.22. The van der Waals surface area contributed by atoms with Crippen LogP contribution in [-0.4, -0.2) is 62.9 Å². The molecule has 0 aromatic carbocycles. The highest BCUT2D eigenvalue weighted by Crippen LogP contribution is 2.22. The van der Waals surface area contributed by atoms with Crippen molar-refractivity contribution in [3.05, 3.63) is 24.2 Å². The number of rotatable bonds is 5. The maximum Gasteiger partial charge on any atom is 0.254 e. The van der Waals surface area contributed by atoms with E-state index in [1.807, 2.05) is 0 Å². The van der Waals surface area contributed by atoms with E-state index in [1.165, 1.54) is 12.5 Å². The molecule has 3 rings (SSSR count). The van der Waals surface area contributed by atoms with Crippen LogP contribution in [0.2, 0.25) is 0 Å². The van der Waals surface area contributed by atoms with Crippen molar-refractivity contribution in [1.82, 2.24) is 10.2 Å². The molecule has 0 unspecified atom stereocenters. The third-order valence-electron chi connectivity index (χ3n) is 4.28. The van der Waals surface area contributed by atoms with Gasteiger partial charge < -0.3 is 19.2 Å². The van der Waals surface area contributed by atoms with Gasteiger partial charge in [-0.05, 0) is 12.5 Å². The molecule has 116 valence electrons. The number of hydrogen-bond donors (Lipinski definition) is 1. The van der Waals surface area contributed by atoms with Gasteiger partial charge in [-0.25, -0.2) is 0 Å². The van der Waals surface area contributed by atoms with E-state index >= 15 is 0 Å². The second-order valence-electron chi connectivity index (χ2n) is 5.56. The topological polar surface area (TPSA) is 63.9 Å². The van der Waals surface area contributed by atoms with Crippen molar-refractivity contribution in [2.45, 2.75) is 12.5 Å². The van der Waals surface area contributed by atoms with Crippen LogP contribution in [0.1, 0.15) is 16.8 Å². The monoisotopic (exact) mass is 294 g/mol. The molecule has 2 saturated heterocycles. The Morgan fingerprint density at radius 1 is 1.33 bits per heavy atom. The van der Waals surface area contributed by atoms with E-state index < -0.39 is 0 Å². The van der Waals surface area contributed by atoms with Gasteiger partial charge in [0.15, 0.2) is 0 Å². The van der Waals surface area contributed by atoms with Crippen molar-refractivity contribution in [1.29, 1.82) is 0 Å². The molecule has 2 atom stereocenters. The summed E-state index contributed by atoms with van der Waals surface area (Å²) in [6.07, 6.45) is 4.04. The molecule has 6 nitrogen and oxygen atoms in total. The molecule has 6 heteroatoms. The highest BCUT2D eigenvalue weighted by atomic mass is 16.5. The number of amides is 1. The molecule has 2 aliphatic heterocycles. The lowest BCUT2D eigenvalue weighted by molar-refractivity contribution is 0.00166. The number of nitrogens with zero attached hydrogens (tertiary/aromatic N) is 1. The smallest absolute Gasteiger partial charge is 0.254 e. The summed E-state index contributed by atoms with van der Waals surface area (Å²) in [5.74, 6) is 0.397. The Balaban J connectivity index is 1.59. The van der Waals surface area contributed by atoms with Gasteiger partial charge in [0.25, 0.3) is 5.91 Å². The van der Waals surface area contributed by atoms with Crippen LogP contribution in [0.15, 0.2) is 23.0 Å². The lowest BCUT2D eigenvalue weighted by atomic mass is 9.96. The molecule has 21 heavy (non-hydrogen) atoms. The first kappa shape index (κ1) is 14.6. The van der Waals surface area contributed by atoms with Crippen molar-refractivity contribution >= 4 is 5.91 Å². The van der Waals surface area contributed by atoms with Crippen LogP contribution < -0.4 is 5.32 Å². The lowest BCUT2D eigenvalue weighted by Crippen LogP contribution is -2.52. The molecule has 3 heterocycles. The summed E-state index contributed by atoms with van der Waals surface area (Å²) in [4.78, 5) is 14.5. The zero-order valence-electron chi connectivity index (χ0n) is 12.1. The van der Waals surface area contributed by atoms with Gasteiger partial charge in [-0.2, -0.15) is 0 Å². The molecule has 0 bridgehead atoms. The Morgan fingerprint density at radius 2 is 2.19 bits per heavy atom. The fraction of sp³-hybridized carbons (Fsp3) is 0.667. The van der Waals surface area contributed by atoms with Crippen molar-refractivity contribution in [3.8, 4) is 0 Å². The first-order valence-electron chi connectivity index (χ1n) is 7.54. The summed E-state index contributed by atoms with van der Waals surface area (Å²) in [5.41, 5.74) is 0.568. The van der Waals surface area contributed by atoms with Crippen LogP contribution in [0, 0.1) is 5.92 Å². The zero-order chi connectivity index (χ0) is 14.5. The molecular formula is C15H22N2O4. The fourth-order valence-corrected chi connectivity index (χ4v) is 3.05. The number of hydrogen-bond acceptors (Lipinski definition) is 5. The first-order chi connectivity index (χ1) is 10.3. The van der Waals surface area contributed by atoms with Gasteiger partial charge >= 0.3 is 0 Å². The first-order valence-corrected chi connectivity index (χ1v) is 7.54. The SMILES string of the molecule is O=C(NC[C@H]([C@H]1CCOC1)N1CCOCC1)c1ccoc1. The van der Waals surface area contributed by atoms with E-state index in [4.69, 9.17) is 13.9 Å². The third kappa shape index (κ3) is 3.64. The number of nitrogens with one attached hydrogen (secondary N) is 1. The minimum absolute atomic E-state index is 0.0825. The predicted molar refractivity (Wildman–Crippen MR) is 76.1 cm³/mol. The Morgan fingerprint density at radius 3 is 2.86 bits per heavy atom. The van der Waals surface area contributed by atoms with Crippen molar-refractivity contribution < 1.29 is 18.7 Å². The zero-order valence-corrected chi connectivity index (χ0v) is 12.1. The number of carbonyl (C=O) groups excluding carboxylic acids is 1. The molecule has 1 amide bonds. The van der Waals surface area contributed by atoms with Gasteiger partial charge in [0.1, 0.15) is 6.26 Å². The Bertz CT molecular complexity index is 437. The quantitative estimate of drug-likeness (QED) is 0.868. The molecule has 0 radical (unpaired) electrons. The summed E-state index contributed by atoms with van der Waals surface area (Å²) < 4.78 is 15.9. The number of furan rings is 1. The Kier molecular flexibility index (Phi) is 4.90. The van der Waals surface area contributed by atoms with E-state index in [9.17, 15) is 4.79 Å². The molecule has 2 aliphatic rings. The van der Waals surface area contributed by atoms with Crippen LogP contribution in [0.3, 0.4) is 0 Å². The summed E-state index contributed by atoms with van der Waals surface area (Å²) in [7, 11) is 0. The van der Waals surface area contributed by atoms with Crippen LogP contribution in [0.5, 0.6) is 0 Å². The largest absolute Gasteiger partial charge is 0.472 e. The van der Waals surface area contributed by atoms with E-state index in [2.05, 4.69) is 10.2 Å².